The second kappa shape index (κ2) is 4.06. The highest BCUT2D eigenvalue weighted by Gasteiger charge is 2.35. The number of likely N-dealkylation sites (tertiary alicyclic amines) is 1. The molecule has 0 spiro atoms. The van der Waals surface area contributed by atoms with Crippen molar-refractivity contribution in [2.24, 2.45) is 0 Å². The van der Waals surface area contributed by atoms with Gasteiger partial charge in [-0.05, 0) is 6.92 Å². The first kappa shape index (κ1) is 9.75. The molecular weight excluding hydrogens is 168 g/mol. The Kier molecular flexibility index (Phi) is 3.04. The summed E-state index contributed by atoms with van der Waals surface area (Å²) in [6, 6.07) is -0.377. The van der Waals surface area contributed by atoms with Crippen molar-refractivity contribution in [2.45, 2.75) is 19.4 Å². The van der Waals surface area contributed by atoms with Crippen molar-refractivity contribution < 1.29 is 9.59 Å². The summed E-state index contributed by atoms with van der Waals surface area (Å²) >= 11 is 0. The zero-order valence-electron chi connectivity index (χ0n) is 7.76. The molecule has 0 aromatic carbocycles. The molecule has 1 heterocycles. The van der Waals surface area contributed by atoms with Gasteiger partial charge < -0.3 is 0 Å². The molecule has 0 aromatic rings. The van der Waals surface area contributed by atoms with Crippen molar-refractivity contribution in [1.29, 1.82) is 0 Å². The van der Waals surface area contributed by atoms with Gasteiger partial charge in [-0.15, -0.1) is 5.92 Å². The number of rotatable bonds is 2. The number of hydrogen-bond donors (Lipinski definition) is 1. The third-order valence-electron chi connectivity index (χ3n) is 2.00. The van der Waals surface area contributed by atoms with E-state index in [0.717, 1.165) is 4.90 Å². The Hall–Kier alpha value is -1.34. The van der Waals surface area contributed by atoms with Gasteiger partial charge in [-0.25, -0.2) is 0 Å². The number of likely N-dealkylation sites (N-methyl/N-ethyl adjacent to an activating group) is 1. The average Bonchev–Trinajstić information content (AvgIpc) is 2.34. The topological polar surface area (TPSA) is 49.4 Å². The molecule has 2 amide bonds. The molecular formula is C9H12N2O2. The molecule has 4 nitrogen and oxygen atoms in total. The largest absolute Gasteiger partial charge is 0.295 e. The van der Waals surface area contributed by atoms with Crippen LogP contribution in [-0.4, -0.2) is 36.3 Å². The minimum absolute atomic E-state index is 0.132. The van der Waals surface area contributed by atoms with Gasteiger partial charge in [-0.3, -0.25) is 19.8 Å². The van der Waals surface area contributed by atoms with Crippen LogP contribution in [0.25, 0.3) is 0 Å². The van der Waals surface area contributed by atoms with Crippen molar-refractivity contribution in [2.75, 3.05) is 13.6 Å². The Bertz CT molecular complexity index is 288. The highest BCUT2D eigenvalue weighted by Crippen LogP contribution is 2.09. The Morgan fingerprint density at radius 2 is 2.31 bits per heavy atom. The molecule has 70 valence electrons. The molecule has 1 aliphatic rings. The second-order valence-electron chi connectivity index (χ2n) is 2.86. The van der Waals surface area contributed by atoms with E-state index in [4.69, 9.17) is 0 Å². The molecule has 4 heteroatoms. The number of nitrogens with zero attached hydrogens (tertiary/aromatic N) is 1. The molecule has 0 aliphatic carbocycles. The van der Waals surface area contributed by atoms with Crippen LogP contribution in [0.4, 0.5) is 0 Å². The maximum absolute atomic E-state index is 11.3. The molecule has 13 heavy (non-hydrogen) atoms. The summed E-state index contributed by atoms with van der Waals surface area (Å²) in [7, 11) is 1.50. The van der Waals surface area contributed by atoms with Crippen molar-refractivity contribution in [3.8, 4) is 11.8 Å². The minimum atomic E-state index is -0.377. The third-order valence-corrected chi connectivity index (χ3v) is 2.00. The number of amides is 2. The third kappa shape index (κ3) is 2.07. The van der Waals surface area contributed by atoms with Gasteiger partial charge in [-0.1, -0.05) is 5.92 Å². The molecule has 0 bridgehead atoms. The number of nitrogens with one attached hydrogen (secondary N) is 1. The monoisotopic (exact) mass is 180 g/mol. The lowest BCUT2D eigenvalue weighted by Gasteiger charge is -2.07. The fraction of sp³-hybridized carbons (Fsp3) is 0.556. The molecule has 1 unspecified atom stereocenters. The summed E-state index contributed by atoms with van der Waals surface area (Å²) in [4.78, 5) is 23.5. The lowest BCUT2D eigenvalue weighted by molar-refractivity contribution is -0.137. The summed E-state index contributed by atoms with van der Waals surface area (Å²) in [5.41, 5.74) is 0. The second-order valence-corrected chi connectivity index (χ2v) is 2.86. The van der Waals surface area contributed by atoms with E-state index in [1.54, 1.807) is 6.92 Å². The predicted octanol–water partition coefficient (Wildman–Crippen LogP) is -0.643. The summed E-state index contributed by atoms with van der Waals surface area (Å²) in [5.74, 6) is 5.19. The van der Waals surface area contributed by atoms with Crippen LogP contribution in [0.5, 0.6) is 0 Å². The molecule has 1 fully saturated rings. The quantitative estimate of drug-likeness (QED) is 0.454. The van der Waals surface area contributed by atoms with Crippen molar-refractivity contribution in [3.63, 3.8) is 0 Å². The highest BCUT2D eigenvalue weighted by molar-refractivity contribution is 6.05. The summed E-state index contributed by atoms with van der Waals surface area (Å²) in [5, 5.41) is 2.91. The van der Waals surface area contributed by atoms with Gasteiger partial charge in [0.25, 0.3) is 0 Å². The van der Waals surface area contributed by atoms with E-state index in [1.165, 1.54) is 7.05 Å². The van der Waals surface area contributed by atoms with E-state index in [0.29, 0.717) is 6.54 Å². The zero-order valence-corrected chi connectivity index (χ0v) is 7.76. The van der Waals surface area contributed by atoms with Gasteiger partial charge in [0.1, 0.15) is 0 Å². The van der Waals surface area contributed by atoms with Crippen LogP contribution in [0.3, 0.4) is 0 Å². The number of hydrogen-bond acceptors (Lipinski definition) is 3. The first-order chi connectivity index (χ1) is 6.16. The van der Waals surface area contributed by atoms with Crippen LogP contribution in [0, 0.1) is 11.8 Å². The maximum atomic E-state index is 11.3. The van der Waals surface area contributed by atoms with Gasteiger partial charge in [0.15, 0.2) is 0 Å². The Morgan fingerprint density at radius 3 is 2.77 bits per heavy atom. The average molecular weight is 180 g/mol. The lowest BCUT2D eigenvalue weighted by Crippen LogP contribution is -2.37. The van der Waals surface area contributed by atoms with Gasteiger partial charge in [0, 0.05) is 7.05 Å². The van der Waals surface area contributed by atoms with Crippen LogP contribution in [0.2, 0.25) is 0 Å². The molecule has 1 aliphatic heterocycles. The van der Waals surface area contributed by atoms with E-state index in [1.807, 2.05) is 0 Å². The van der Waals surface area contributed by atoms with Gasteiger partial charge in [-0.2, -0.15) is 0 Å². The van der Waals surface area contributed by atoms with Gasteiger partial charge in [0.2, 0.25) is 11.8 Å². The lowest BCUT2D eigenvalue weighted by atomic mass is 10.2. The van der Waals surface area contributed by atoms with Crippen LogP contribution in [-0.2, 0) is 9.59 Å². The fourth-order valence-electron chi connectivity index (χ4n) is 1.18. The molecule has 1 N–H and O–H groups in total. The van der Waals surface area contributed by atoms with E-state index in [2.05, 4.69) is 17.2 Å². The van der Waals surface area contributed by atoms with Crippen molar-refractivity contribution in [1.82, 2.24) is 10.2 Å². The SMILES string of the molecule is CC#CCNC1CC(=O)N(C)C1=O. The number of carbonyl (C=O) groups is 2. The fourth-order valence-corrected chi connectivity index (χ4v) is 1.18. The number of carbonyl (C=O) groups excluding carboxylic acids is 2. The summed E-state index contributed by atoms with van der Waals surface area (Å²) < 4.78 is 0. The molecule has 0 radical (unpaired) electrons. The molecule has 1 atom stereocenters. The van der Waals surface area contributed by atoms with E-state index in [9.17, 15) is 9.59 Å². The van der Waals surface area contributed by atoms with Crippen LogP contribution in [0.15, 0.2) is 0 Å². The van der Waals surface area contributed by atoms with Crippen LogP contribution >= 0.6 is 0 Å². The molecule has 0 saturated carbocycles. The smallest absolute Gasteiger partial charge is 0.246 e. The molecule has 1 rings (SSSR count). The first-order valence-electron chi connectivity index (χ1n) is 4.10. The zero-order chi connectivity index (χ0) is 9.84. The molecule has 1 saturated heterocycles. The van der Waals surface area contributed by atoms with E-state index >= 15 is 0 Å². The van der Waals surface area contributed by atoms with Crippen molar-refractivity contribution >= 4 is 11.8 Å². The van der Waals surface area contributed by atoms with Crippen molar-refractivity contribution in [3.05, 3.63) is 0 Å². The Morgan fingerprint density at radius 1 is 1.62 bits per heavy atom. The Labute approximate surface area is 77.3 Å². The standard InChI is InChI=1S/C9H12N2O2/c1-3-4-5-10-7-6-8(12)11(2)9(7)13/h7,10H,5-6H2,1-2H3. The van der Waals surface area contributed by atoms with E-state index in [-0.39, 0.29) is 24.3 Å². The first-order valence-corrected chi connectivity index (χ1v) is 4.10. The summed E-state index contributed by atoms with van der Waals surface area (Å²) in [6.45, 7) is 2.18. The predicted molar refractivity (Wildman–Crippen MR) is 47.6 cm³/mol. The minimum Gasteiger partial charge on any atom is -0.295 e. The van der Waals surface area contributed by atoms with Gasteiger partial charge in [0.05, 0.1) is 19.0 Å². The van der Waals surface area contributed by atoms with E-state index < -0.39 is 0 Å². The Balaban J connectivity index is 2.48. The highest BCUT2D eigenvalue weighted by atomic mass is 16.2. The van der Waals surface area contributed by atoms with Crippen LogP contribution < -0.4 is 5.32 Å². The summed E-state index contributed by atoms with van der Waals surface area (Å²) in [6.07, 6.45) is 0.251. The maximum Gasteiger partial charge on any atom is 0.246 e. The number of imide groups is 1. The van der Waals surface area contributed by atoms with Crippen LogP contribution in [0.1, 0.15) is 13.3 Å². The molecule has 0 aromatic heterocycles. The normalized spacial score (nSPS) is 21.7. The van der Waals surface area contributed by atoms with Gasteiger partial charge >= 0.3 is 0 Å².